The van der Waals surface area contributed by atoms with Crippen molar-refractivity contribution in [3.05, 3.63) is 66.4 Å². The highest BCUT2D eigenvalue weighted by Crippen LogP contribution is 2.29. The van der Waals surface area contributed by atoms with Gasteiger partial charge in [-0.15, -0.1) is 5.10 Å². The Labute approximate surface area is 144 Å². The Hall–Kier alpha value is -2.99. The van der Waals surface area contributed by atoms with Crippen molar-refractivity contribution in [1.29, 1.82) is 0 Å². The predicted molar refractivity (Wildman–Crippen MR) is 93.9 cm³/mol. The van der Waals surface area contributed by atoms with Gasteiger partial charge in [0.2, 0.25) is 0 Å². The number of hydrogen-bond acceptors (Lipinski definition) is 3. The first-order valence-electron chi connectivity index (χ1n) is 7.92. The van der Waals surface area contributed by atoms with Crippen LogP contribution < -0.4 is 0 Å². The van der Waals surface area contributed by atoms with Crippen molar-refractivity contribution >= 4 is 10.9 Å². The molecule has 0 aliphatic rings. The van der Waals surface area contributed by atoms with E-state index in [0.717, 1.165) is 16.5 Å². The molecule has 0 aliphatic carbocycles. The fourth-order valence-electron chi connectivity index (χ4n) is 3.00. The summed E-state index contributed by atoms with van der Waals surface area (Å²) in [7, 11) is 3.60. The van der Waals surface area contributed by atoms with Gasteiger partial charge < -0.3 is 9.30 Å². The van der Waals surface area contributed by atoms with Crippen molar-refractivity contribution in [2.24, 2.45) is 7.05 Å². The van der Waals surface area contributed by atoms with Gasteiger partial charge in [-0.3, -0.25) is 0 Å². The summed E-state index contributed by atoms with van der Waals surface area (Å²) < 4.78 is 22.6. The molecule has 25 heavy (non-hydrogen) atoms. The molecule has 0 bridgehead atoms. The van der Waals surface area contributed by atoms with E-state index in [1.807, 2.05) is 37.5 Å². The van der Waals surface area contributed by atoms with Gasteiger partial charge in [0, 0.05) is 36.8 Å². The van der Waals surface area contributed by atoms with Crippen molar-refractivity contribution in [1.82, 2.24) is 19.3 Å². The lowest BCUT2D eigenvalue weighted by atomic mass is 10.1. The summed E-state index contributed by atoms with van der Waals surface area (Å²) in [6.07, 6.45) is 2.01. The highest BCUT2D eigenvalue weighted by atomic mass is 19.1. The summed E-state index contributed by atoms with van der Waals surface area (Å²) in [6, 6.07) is 14.4. The first-order valence-corrected chi connectivity index (χ1v) is 7.92. The number of aromatic nitrogens is 4. The van der Waals surface area contributed by atoms with Crippen LogP contribution in [0.2, 0.25) is 0 Å². The van der Waals surface area contributed by atoms with Gasteiger partial charge in [0.05, 0.1) is 5.69 Å². The number of benzene rings is 2. The van der Waals surface area contributed by atoms with Gasteiger partial charge in [-0.05, 0) is 30.3 Å². The molecule has 0 fully saturated rings. The van der Waals surface area contributed by atoms with E-state index in [-0.39, 0.29) is 5.82 Å². The van der Waals surface area contributed by atoms with Crippen LogP contribution in [0.1, 0.15) is 5.82 Å². The number of ether oxygens (including phenoxy) is 1. The minimum absolute atomic E-state index is 0.292. The maximum atomic E-state index is 13.7. The minimum atomic E-state index is -0.315. The zero-order valence-electron chi connectivity index (χ0n) is 14.0. The Morgan fingerprint density at radius 1 is 1.12 bits per heavy atom. The average Bonchev–Trinajstić information content (AvgIpc) is 3.20. The number of aryl methyl sites for hydroxylation is 1. The Kier molecular flexibility index (Phi) is 3.82. The molecule has 2 aromatic heterocycles. The number of hydrogen-bond donors (Lipinski definition) is 0. The molecule has 0 saturated heterocycles. The van der Waals surface area contributed by atoms with E-state index < -0.39 is 0 Å². The maximum Gasteiger partial charge on any atom is 0.177 e. The van der Waals surface area contributed by atoms with Crippen molar-refractivity contribution in [2.75, 3.05) is 7.11 Å². The van der Waals surface area contributed by atoms with Gasteiger partial charge in [0.25, 0.3) is 0 Å². The van der Waals surface area contributed by atoms with E-state index >= 15 is 0 Å². The number of rotatable bonds is 4. The normalized spacial score (nSPS) is 11.3. The summed E-state index contributed by atoms with van der Waals surface area (Å²) in [5.74, 6) is 0.898. The van der Waals surface area contributed by atoms with Crippen molar-refractivity contribution in [3.8, 4) is 17.1 Å². The average molecular weight is 336 g/mol. The Bertz CT molecular complexity index is 1050. The molecule has 5 nitrogen and oxygen atoms in total. The quantitative estimate of drug-likeness (QED) is 0.571. The topological polar surface area (TPSA) is 44.9 Å². The SMILES string of the molecule is COCc1nc(-c2cccc3c2ccn3C)n(-c2cccc(F)c2)n1. The third-order valence-corrected chi connectivity index (χ3v) is 4.15. The first-order chi connectivity index (χ1) is 12.2. The lowest BCUT2D eigenvalue weighted by Gasteiger charge is -2.07. The summed E-state index contributed by atoms with van der Waals surface area (Å²) in [5.41, 5.74) is 2.66. The fraction of sp³-hybridized carbons (Fsp3) is 0.158. The van der Waals surface area contributed by atoms with Crippen LogP contribution >= 0.6 is 0 Å². The lowest BCUT2D eigenvalue weighted by molar-refractivity contribution is 0.178. The smallest absolute Gasteiger partial charge is 0.177 e. The number of nitrogens with zero attached hydrogens (tertiary/aromatic N) is 4. The summed E-state index contributed by atoms with van der Waals surface area (Å²) in [5, 5.41) is 5.58. The molecule has 6 heteroatoms. The fourth-order valence-corrected chi connectivity index (χ4v) is 3.00. The van der Waals surface area contributed by atoms with E-state index in [4.69, 9.17) is 4.74 Å². The second kappa shape index (κ2) is 6.14. The van der Waals surface area contributed by atoms with E-state index in [1.54, 1.807) is 17.9 Å². The van der Waals surface area contributed by atoms with Crippen LogP contribution in [0.4, 0.5) is 4.39 Å². The summed E-state index contributed by atoms with van der Waals surface area (Å²) in [6.45, 7) is 0.292. The molecule has 0 spiro atoms. The monoisotopic (exact) mass is 336 g/mol. The number of fused-ring (bicyclic) bond motifs is 1. The molecule has 0 atom stereocenters. The minimum Gasteiger partial charge on any atom is -0.377 e. The van der Waals surface area contributed by atoms with Crippen LogP contribution in [0.5, 0.6) is 0 Å². The number of methoxy groups -OCH3 is 1. The Morgan fingerprint density at radius 3 is 2.76 bits per heavy atom. The van der Waals surface area contributed by atoms with Crippen LogP contribution in [0.25, 0.3) is 28.0 Å². The van der Waals surface area contributed by atoms with Crippen molar-refractivity contribution < 1.29 is 9.13 Å². The summed E-state index contributed by atoms with van der Waals surface area (Å²) in [4.78, 5) is 4.63. The van der Waals surface area contributed by atoms with Gasteiger partial charge in [-0.25, -0.2) is 14.1 Å². The van der Waals surface area contributed by atoms with Gasteiger partial charge in [-0.1, -0.05) is 18.2 Å². The van der Waals surface area contributed by atoms with Gasteiger partial charge in [-0.2, -0.15) is 0 Å². The number of halogens is 1. The van der Waals surface area contributed by atoms with E-state index in [1.165, 1.54) is 12.1 Å². The predicted octanol–water partition coefficient (Wildman–Crippen LogP) is 3.71. The molecule has 0 saturated carbocycles. The largest absolute Gasteiger partial charge is 0.377 e. The second-order valence-corrected chi connectivity index (χ2v) is 5.84. The highest BCUT2D eigenvalue weighted by Gasteiger charge is 2.17. The molecular weight excluding hydrogens is 319 g/mol. The maximum absolute atomic E-state index is 13.7. The molecule has 4 aromatic rings. The van der Waals surface area contributed by atoms with Crippen LogP contribution in [0.3, 0.4) is 0 Å². The molecule has 2 heterocycles. The molecule has 0 unspecified atom stereocenters. The molecule has 0 aliphatic heterocycles. The Morgan fingerprint density at radius 2 is 1.96 bits per heavy atom. The van der Waals surface area contributed by atoms with Crippen molar-refractivity contribution in [2.45, 2.75) is 6.61 Å². The molecule has 2 aromatic carbocycles. The van der Waals surface area contributed by atoms with Gasteiger partial charge >= 0.3 is 0 Å². The zero-order chi connectivity index (χ0) is 17.4. The lowest BCUT2D eigenvalue weighted by Crippen LogP contribution is -2.01. The van der Waals surface area contributed by atoms with Crippen molar-refractivity contribution in [3.63, 3.8) is 0 Å². The van der Waals surface area contributed by atoms with Crippen LogP contribution in [-0.2, 0) is 18.4 Å². The summed E-state index contributed by atoms with van der Waals surface area (Å²) >= 11 is 0. The van der Waals surface area contributed by atoms with Crippen LogP contribution in [0, 0.1) is 5.82 Å². The van der Waals surface area contributed by atoms with Gasteiger partial charge in [0.15, 0.2) is 11.6 Å². The first kappa shape index (κ1) is 15.5. The van der Waals surface area contributed by atoms with E-state index in [9.17, 15) is 4.39 Å². The van der Waals surface area contributed by atoms with E-state index in [0.29, 0.717) is 23.9 Å². The molecule has 4 rings (SSSR count). The highest BCUT2D eigenvalue weighted by molar-refractivity contribution is 5.94. The molecular formula is C19H17FN4O. The van der Waals surface area contributed by atoms with Crippen LogP contribution in [-0.4, -0.2) is 26.4 Å². The van der Waals surface area contributed by atoms with Gasteiger partial charge in [0.1, 0.15) is 12.4 Å². The third-order valence-electron chi connectivity index (χ3n) is 4.15. The third kappa shape index (κ3) is 2.70. The zero-order valence-corrected chi connectivity index (χ0v) is 14.0. The standard InChI is InChI=1S/C19H17FN4O/c1-23-10-9-15-16(7-4-8-17(15)23)19-21-18(12-25-2)22-24(19)14-6-3-5-13(20)11-14/h3-11H,12H2,1-2H3. The molecule has 0 N–H and O–H groups in total. The second-order valence-electron chi connectivity index (χ2n) is 5.84. The van der Waals surface area contributed by atoms with Crippen LogP contribution in [0.15, 0.2) is 54.7 Å². The molecule has 0 amide bonds. The molecule has 126 valence electrons. The molecule has 0 radical (unpaired) electrons. The van der Waals surface area contributed by atoms with E-state index in [2.05, 4.69) is 20.7 Å². The Balaban J connectivity index is 1.96.